The van der Waals surface area contributed by atoms with Crippen molar-refractivity contribution in [3.05, 3.63) is 54.4 Å². The number of hydrogen-bond donors (Lipinski definition) is 0. The van der Waals surface area contributed by atoms with Crippen molar-refractivity contribution < 1.29 is 4.74 Å². The lowest BCUT2D eigenvalue weighted by Crippen LogP contribution is -2.09. The molecule has 1 aromatic heterocycles. The standard InChI is InChI=1S/C19H22N4O/c1-5-18-20-21-19(14-6-12-17(24-4)13-7-14)23(18)16-10-8-15(9-11-16)22(2)3/h6-13H,5H2,1-4H3. The van der Waals surface area contributed by atoms with Gasteiger partial charge in [-0.25, -0.2) is 0 Å². The van der Waals surface area contributed by atoms with E-state index in [4.69, 9.17) is 4.74 Å². The molecule has 0 fully saturated rings. The molecule has 0 aliphatic rings. The normalized spacial score (nSPS) is 10.7. The summed E-state index contributed by atoms with van der Waals surface area (Å²) in [5.74, 6) is 2.61. The molecule has 0 saturated carbocycles. The molecule has 5 nitrogen and oxygen atoms in total. The first kappa shape index (κ1) is 16.1. The third-order valence-electron chi connectivity index (χ3n) is 4.02. The summed E-state index contributed by atoms with van der Waals surface area (Å²) in [4.78, 5) is 2.08. The molecule has 124 valence electrons. The van der Waals surface area contributed by atoms with E-state index in [9.17, 15) is 0 Å². The Labute approximate surface area is 142 Å². The Morgan fingerprint density at radius 2 is 1.62 bits per heavy atom. The monoisotopic (exact) mass is 322 g/mol. The zero-order chi connectivity index (χ0) is 17.1. The molecule has 3 rings (SSSR count). The smallest absolute Gasteiger partial charge is 0.168 e. The van der Waals surface area contributed by atoms with Crippen LogP contribution in [0.15, 0.2) is 48.5 Å². The third kappa shape index (κ3) is 2.97. The fourth-order valence-electron chi connectivity index (χ4n) is 2.64. The highest BCUT2D eigenvalue weighted by molar-refractivity contribution is 5.61. The summed E-state index contributed by atoms with van der Waals surface area (Å²) >= 11 is 0. The highest BCUT2D eigenvalue weighted by atomic mass is 16.5. The van der Waals surface area contributed by atoms with E-state index in [1.54, 1.807) is 7.11 Å². The first-order chi connectivity index (χ1) is 11.6. The number of anilines is 1. The van der Waals surface area contributed by atoms with Crippen LogP contribution in [0.3, 0.4) is 0 Å². The molecule has 0 atom stereocenters. The molecule has 0 amide bonds. The predicted molar refractivity (Wildman–Crippen MR) is 97.1 cm³/mol. The van der Waals surface area contributed by atoms with Crippen LogP contribution in [-0.4, -0.2) is 36.0 Å². The molecule has 0 radical (unpaired) electrons. The number of aryl methyl sites for hydroxylation is 1. The van der Waals surface area contributed by atoms with Crippen molar-refractivity contribution in [2.75, 3.05) is 26.1 Å². The lowest BCUT2D eigenvalue weighted by atomic mass is 10.2. The van der Waals surface area contributed by atoms with E-state index in [2.05, 4.69) is 50.9 Å². The van der Waals surface area contributed by atoms with Gasteiger partial charge >= 0.3 is 0 Å². The number of aromatic nitrogens is 3. The molecule has 5 heteroatoms. The summed E-state index contributed by atoms with van der Waals surface area (Å²) in [6.07, 6.45) is 0.818. The number of benzene rings is 2. The van der Waals surface area contributed by atoms with E-state index >= 15 is 0 Å². The Bertz CT molecular complexity index is 804. The highest BCUT2D eigenvalue weighted by Crippen LogP contribution is 2.26. The zero-order valence-electron chi connectivity index (χ0n) is 14.5. The van der Waals surface area contributed by atoms with Crippen molar-refractivity contribution in [2.24, 2.45) is 0 Å². The van der Waals surface area contributed by atoms with Gasteiger partial charge in [-0.15, -0.1) is 10.2 Å². The topological polar surface area (TPSA) is 43.2 Å². The number of ether oxygens (including phenoxy) is 1. The summed E-state index contributed by atoms with van der Waals surface area (Å²) in [5.41, 5.74) is 3.24. The van der Waals surface area contributed by atoms with Gasteiger partial charge in [0.2, 0.25) is 0 Å². The van der Waals surface area contributed by atoms with Crippen LogP contribution in [-0.2, 0) is 6.42 Å². The maximum absolute atomic E-state index is 5.23. The summed E-state index contributed by atoms with van der Waals surface area (Å²) < 4.78 is 7.35. The molecule has 24 heavy (non-hydrogen) atoms. The van der Waals surface area contributed by atoms with Gasteiger partial charge in [-0.05, 0) is 48.5 Å². The molecule has 0 N–H and O–H groups in total. The predicted octanol–water partition coefficient (Wildman–Crippen LogP) is 3.57. The van der Waals surface area contributed by atoms with Crippen molar-refractivity contribution in [3.63, 3.8) is 0 Å². The fourth-order valence-corrected chi connectivity index (χ4v) is 2.64. The summed E-state index contributed by atoms with van der Waals surface area (Å²) in [5, 5.41) is 8.77. The van der Waals surface area contributed by atoms with Gasteiger partial charge in [0, 0.05) is 37.5 Å². The van der Waals surface area contributed by atoms with Crippen LogP contribution in [0.4, 0.5) is 5.69 Å². The van der Waals surface area contributed by atoms with E-state index in [0.29, 0.717) is 0 Å². The fraction of sp³-hybridized carbons (Fsp3) is 0.263. The maximum Gasteiger partial charge on any atom is 0.168 e. The number of nitrogens with zero attached hydrogens (tertiary/aromatic N) is 4. The molecule has 0 unspecified atom stereocenters. The van der Waals surface area contributed by atoms with E-state index in [-0.39, 0.29) is 0 Å². The average molecular weight is 322 g/mol. The zero-order valence-corrected chi connectivity index (χ0v) is 14.5. The van der Waals surface area contributed by atoms with Gasteiger partial charge in [-0.3, -0.25) is 4.57 Å². The molecule has 0 saturated heterocycles. The van der Waals surface area contributed by atoms with Crippen molar-refractivity contribution in [1.82, 2.24) is 14.8 Å². The number of methoxy groups -OCH3 is 1. The average Bonchev–Trinajstić information content (AvgIpc) is 3.06. The molecule has 0 aliphatic carbocycles. The van der Waals surface area contributed by atoms with Gasteiger partial charge in [0.15, 0.2) is 5.82 Å². The quantitative estimate of drug-likeness (QED) is 0.720. The van der Waals surface area contributed by atoms with Gasteiger partial charge in [0.05, 0.1) is 7.11 Å². The van der Waals surface area contributed by atoms with Crippen molar-refractivity contribution in [1.29, 1.82) is 0 Å². The molecular weight excluding hydrogens is 300 g/mol. The molecule has 0 aliphatic heterocycles. The molecule has 3 aromatic rings. The maximum atomic E-state index is 5.23. The molecule has 2 aromatic carbocycles. The van der Waals surface area contributed by atoms with Gasteiger partial charge < -0.3 is 9.64 Å². The Balaban J connectivity index is 2.07. The van der Waals surface area contributed by atoms with Crippen LogP contribution in [0, 0.1) is 0 Å². The van der Waals surface area contributed by atoms with Crippen molar-refractivity contribution in [3.8, 4) is 22.8 Å². The summed E-state index contributed by atoms with van der Waals surface area (Å²) in [7, 11) is 5.74. The van der Waals surface area contributed by atoms with E-state index in [0.717, 1.165) is 40.8 Å². The number of rotatable bonds is 5. The van der Waals surface area contributed by atoms with Gasteiger partial charge in [-0.1, -0.05) is 6.92 Å². The Morgan fingerprint density at radius 1 is 0.958 bits per heavy atom. The molecule has 0 spiro atoms. The minimum Gasteiger partial charge on any atom is -0.497 e. The molecule has 1 heterocycles. The second kappa shape index (κ2) is 6.74. The van der Waals surface area contributed by atoms with E-state index in [1.807, 2.05) is 38.4 Å². The molecule has 0 bridgehead atoms. The Hall–Kier alpha value is -2.82. The van der Waals surface area contributed by atoms with Crippen LogP contribution in [0.1, 0.15) is 12.7 Å². The van der Waals surface area contributed by atoms with Crippen LogP contribution >= 0.6 is 0 Å². The van der Waals surface area contributed by atoms with Crippen molar-refractivity contribution >= 4 is 5.69 Å². The van der Waals surface area contributed by atoms with Crippen LogP contribution in [0.25, 0.3) is 17.1 Å². The first-order valence-electron chi connectivity index (χ1n) is 8.00. The van der Waals surface area contributed by atoms with Gasteiger partial charge in [-0.2, -0.15) is 0 Å². The molecular formula is C19H22N4O. The number of hydrogen-bond acceptors (Lipinski definition) is 4. The van der Waals surface area contributed by atoms with Crippen LogP contribution in [0.5, 0.6) is 5.75 Å². The van der Waals surface area contributed by atoms with E-state index < -0.39 is 0 Å². The minimum atomic E-state index is 0.818. The Morgan fingerprint density at radius 3 is 2.17 bits per heavy atom. The first-order valence-corrected chi connectivity index (χ1v) is 8.00. The van der Waals surface area contributed by atoms with Crippen LogP contribution in [0.2, 0.25) is 0 Å². The van der Waals surface area contributed by atoms with Crippen molar-refractivity contribution in [2.45, 2.75) is 13.3 Å². The van der Waals surface area contributed by atoms with Crippen LogP contribution < -0.4 is 9.64 Å². The van der Waals surface area contributed by atoms with E-state index in [1.165, 1.54) is 0 Å². The SMILES string of the molecule is CCc1nnc(-c2ccc(OC)cc2)n1-c1ccc(N(C)C)cc1. The second-order valence-electron chi connectivity index (χ2n) is 5.77. The van der Waals surface area contributed by atoms with Gasteiger partial charge in [0.1, 0.15) is 11.6 Å². The Kier molecular flexibility index (Phi) is 4.51. The highest BCUT2D eigenvalue weighted by Gasteiger charge is 2.14. The lowest BCUT2D eigenvalue weighted by molar-refractivity contribution is 0.415. The summed E-state index contributed by atoms with van der Waals surface area (Å²) in [6.45, 7) is 2.09. The third-order valence-corrected chi connectivity index (χ3v) is 4.02. The van der Waals surface area contributed by atoms with Gasteiger partial charge in [0.25, 0.3) is 0 Å². The largest absolute Gasteiger partial charge is 0.497 e. The minimum absolute atomic E-state index is 0.818. The lowest BCUT2D eigenvalue weighted by Gasteiger charge is -2.14. The second-order valence-corrected chi connectivity index (χ2v) is 5.77. The summed E-state index contributed by atoms with van der Waals surface area (Å²) in [6, 6.07) is 16.3.